The van der Waals surface area contributed by atoms with Gasteiger partial charge in [-0.3, -0.25) is 9.69 Å². The summed E-state index contributed by atoms with van der Waals surface area (Å²) in [5.74, 6) is 0.835. The van der Waals surface area contributed by atoms with Crippen LogP contribution in [-0.2, 0) is 11.3 Å². The average molecular weight is 392 g/mol. The molecule has 1 heterocycles. The third-order valence-electron chi connectivity index (χ3n) is 5.01. The zero-order chi connectivity index (χ0) is 21.1. The molecule has 5 heteroatoms. The molecule has 1 aliphatic heterocycles. The largest absolute Gasteiger partial charge is 0.494 e. The summed E-state index contributed by atoms with van der Waals surface area (Å²) >= 11 is 0. The van der Waals surface area contributed by atoms with E-state index in [4.69, 9.17) is 4.74 Å². The lowest BCUT2D eigenvalue weighted by Crippen LogP contribution is -2.30. The summed E-state index contributed by atoms with van der Waals surface area (Å²) < 4.78 is 5.77. The molecular weight excluding hydrogens is 364 g/mol. The van der Waals surface area contributed by atoms with Crippen molar-refractivity contribution in [3.05, 3.63) is 69.9 Å². The van der Waals surface area contributed by atoms with Gasteiger partial charge >= 0.3 is 6.03 Å². The van der Waals surface area contributed by atoms with Crippen molar-refractivity contribution in [2.24, 2.45) is 0 Å². The van der Waals surface area contributed by atoms with Crippen LogP contribution in [0.5, 0.6) is 5.75 Å². The van der Waals surface area contributed by atoms with Crippen molar-refractivity contribution in [2.75, 3.05) is 6.61 Å². The van der Waals surface area contributed by atoms with E-state index in [1.807, 2.05) is 57.2 Å². The molecule has 0 radical (unpaired) electrons. The second kappa shape index (κ2) is 8.52. The van der Waals surface area contributed by atoms with Gasteiger partial charge in [0.2, 0.25) is 0 Å². The molecule has 0 atom stereocenters. The highest BCUT2D eigenvalue weighted by atomic mass is 16.5. The molecule has 5 nitrogen and oxygen atoms in total. The Hall–Kier alpha value is -3.08. The maximum atomic E-state index is 12.9. The number of imide groups is 1. The minimum atomic E-state index is -0.393. The van der Waals surface area contributed by atoms with Crippen LogP contribution in [0, 0.1) is 13.8 Å². The van der Waals surface area contributed by atoms with Crippen LogP contribution in [0.1, 0.15) is 54.5 Å². The normalized spacial score (nSPS) is 15.4. The predicted molar refractivity (Wildman–Crippen MR) is 115 cm³/mol. The fourth-order valence-electron chi connectivity index (χ4n) is 3.47. The molecule has 0 bridgehead atoms. The molecule has 1 fully saturated rings. The Labute approximate surface area is 172 Å². The number of rotatable bonds is 6. The summed E-state index contributed by atoms with van der Waals surface area (Å²) in [7, 11) is 0. The molecule has 2 aromatic carbocycles. The lowest BCUT2D eigenvalue weighted by molar-refractivity contribution is -0.123. The van der Waals surface area contributed by atoms with Gasteiger partial charge in [-0.1, -0.05) is 43.7 Å². The lowest BCUT2D eigenvalue weighted by atomic mass is 9.96. The Morgan fingerprint density at radius 2 is 1.90 bits per heavy atom. The molecule has 3 rings (SSSR count). The van der Waals surface area contributed by atoms with Gasteiger partial charge in [-0.25, -0.2) is 4.79 Å². The molecule has 0 aromatic heterocycles. The number of ether oxygens (including phenoxy) is 1. The Kier molecular flexibility index (Phi) is 6.06. The van der Waals surface area contributed by atoms with Crippen LogP contribution >= 0.6 is 0 Å². The topological polar surface area (TPSA) is 58.6 Å². The highest BCUT2D eigenvalue weighted by Gasteiger charge is 2.33. The first kappa shape index (κ1) is 20.6. The van der Waals surface area contributed by atoms with E-state index < -0.39 is 6.03 Å². The van der Waals surface area contributed by atoms with Crippen molar-refractivity contribution >= 4 is 18.0 Å². The van der Waals surface area contributed by atoms with Gasteiger partial charge in [0.15, 0.2) is 0 Å². The second-order valence-corrected chi connectivity index (χ2v) is 7.70. The summed E-state index contributed by atoms with van der Waals surface area (Å²) in [5.41, 5.74) is 5.29. The van der Waals surface area contributed by atoms with Gasteiger partial charge in [0.05, 0.1) is 13.2 Å². The van der Waals surface area contributed by atoms with Crippen LogP contribution in [0.2, 0.25) is 0 Å². The molecule has 1 aliphatic rings. The summed E-state index contributed by atoms with van der Waals surface area (Å²) in [6.07, 6.45) is 1.76. The lowest BCUT2D eigenvalue weighted by Gasteiger charge is -2.16. The number of nitrogens with zero attached hydrogens (tertiary/aromatic N) is 1. The zero-order valence-electron chi connectivity index (χ0n) is 17.7. The summed E-state index contributed by atoms with van der Waals surface area (Å²) in [6, 6.07) is 11.5. The fraction of sp³-hybridized carbons (Fsp3) is 0.333. The average Bonchev–Trinajstić information content (AvgIpc) is 2.91. The van der Waals surface area contributed by atoms with Gasteiger partial charge in [0.25, 0.3) is 5.91 Å². The summed E-state index contributed by atoms with van der Waals surface area (Å²) in [4.78, 5) is 26.5. The number of urea groups is 1. The molecule has 3 amide bonds. The van der Waals surface area contributed by atoms with E-state index in [2.05, 4.69) is 19.2 Å². The maximum absolute atomic E-state index is 12.9. The van der Waals surface area contributed by atoms with Crippen molar-refractivity contribution in [3.8, 4) is 5.75 Å². The van der Waals surface area contributed by atoms with E-state index in [-0.39, 0.29) is 18.4 Å². The highest BCUT2D eigenvalue weighted by molar-refractivity contribution is 6.14. The van der Waals surface area contributed by atoms with Crippen molar-refractivity contribution < 1.29 is 14.3 Å². The van der Waals surface area contributed by atoms with Gasteiger partial charge in [-0.15, -0.1) is 0 Å². The molecule has 152 valence electrons. The molecule has 29 heavy (non-hydrogen) atoms. The number of hydrogen-bond acceptors (Lipinski definition) is 3. The molecule has 1 N–H and O–H groups in total. The Bertz CT molecular complexity index is 976. The van der Waals surface area contributed by atoms with Crippen LogP contribution in [0.4, 0.5) is 4.79 Å². The Morgan fingerprint density at radius 1 is 1.14 bits per heavy atom. The third-order valence-corrected chi connectivity index (χ3v) is 5.01. The van der Waals surface area contributed by atoms with E-state index in [1.165, 1.54) is 4.90 Å². The number of amides is 3. The van der Waals surface area contributed by atoms with E-state index in [9.17, 15) is 9.59 Å². The SMILES string of the molecule is CCOc1cc(C)c(/C=C2/NC(=O)N(Cc3cccc(C)c3)C2=O)cc1C(C)C. The number of carbonyl (C=O) groups excluding carboxylic acids is 2. The number of aryl methyl sites for hydroxylation is 2. The standard InChI is InChI=1S/C24H28N2O3/c1-6-29-22-11-17(5)19(12-20(22)15(2)3)13-21-23(27)26(24(28)25-21)14-18-9-7-8-16(4)10-18/h7-13,15H,6,14H2,1-5H3,(H,25,28)/b21-13+. The molecule has 0 aliphatic carbocycles. The van der Waals surface area contributed by atoms with Crippen molar-refractivity contribution in [2.45, 2.75) is 47.1 Å². The van der Waals surface area contributed by atoms with Crippen LogP contribution in [0.25, 0.3) is 6.08 Å². The predicted octanol–water partition coefficient (Wildman–Crippen LogP) is 4.92. The first-order valence-electron chi connectivity index (χ1n) is 9.97. The van der Waals surface area contributed by atoms with Gasteiger partial charge in [-0.05, 0) is 67.2 Å². The van der Waals surface area contributed by atoms with E-state index >= 15 is 0 Å². The monoisotopic (exact) mass is 392 g/mol. The number of hydrogen-bond donors (Lipinski definition) is 1. The van der Waals surface area contributed by atoms with Crippen LogP contribution in [0.3, 0.4) is 0 Å². The van der Waals surface area contributed by atoms with Crippen molar-refractivity contribution in [1.82, 2.24) is 10.2 Å². The quantitative estimate of drug-likeness (QED) is 0.561. The Balaban J connectivity index is 1.90. The molecule has 0 unspecified atom stereocenters. The van der Waals surface area contributed by atoms with Gasteiger partial charge in [0, 0.05) is 0 Å². The third kappa shape index (κ3) is 4.50. The highest BCUT2D eigenvalue weighted by Crippen LogP contribution is 2.31. The number of nitrogens with one attached hydrogen (secondary N) is 1. The number of carbonyl (C=O) groups is 2. The van der Waals surface area contributed by atoms with Crippen LogP contribution in [0.15, 0.2) is 42.1 Å². The maximum Gasteiger partial charge on any atom is 0.329 e. The smallest absolute Gasteiger partial charge is 0.329 e. The van der Waals surface area contributed by atoms with Crippen molar-refractivity contribution in [3.63, 3.8) is 0 Å². The molecule has 1 saturated heterocycles. The number of benzene rings is 2. The van der Waals surface area contributed by atoms with Gasteiger partial charge in [0.1, 0.15) is 11.4 Å². The van der Waals surface area contributed by atoms with E-state index in [0.29, 0.717) is 12.3 Å². The van der Waals surface area contributed by atoms with Gasteiger partial charge < -0.3 is 10.1 Å². The summed E-state index contributed by atoms with van der Waals surface area (Å²) in [6.45, 7) is 11.0. The summed E-state index contributed by atoms with van der Waals surface area (Å²) in [5, 5.41) is 2.72. The molecular formula is C24H28N2O3. The minimum Gasteiger partial charge on any atom is -0.494 e. The molecule has 0 spiro atoms. The van der Waals surface area contributed by atoms with Crippen LogP contribution < -0.4 is 10.1 Å². The zero-order valence-corrected chi connectivity index (χ0v) is 17.7. The van der Waals surface area contributed by atoms with Crippen molar-refractivity contribution in [1.29, 1.82) is 0 Å². The van der Waals surface area contributed by atoms with Gasteiger partial charge in [-0.2, -0.15) is 0 Å². The Morgan fingerprint density at radius 3 is 2.55 bits per heavy atom. The second-order valence-electron chi connectivity index (χ2n) is 7.70. The van der Waals surface area contributed by atoms with Crippen LogP contribution in [-0.4, -0.2) is 23.4 Å². The molecule has 2 aromatic rings. The van der Waals surface area contributed by atoms with E-state index in [1.54, 1.807) is 6.08 Å². The first-order chi connectivity index (χ1) is 13.8. The molecule has 0 saturated carbocycles. The fourth-order valence-corrected chi connectivity index (χ4v) is 3.47. The first-order valence-corrected chi connectivity index (χ1v) is 9.97. The minimum absolute atomic E-state index is 0.253. The van der Waals surface area contributed by atoms with E-state index in [0.717, 1.165) is 33.6 Å².